The summed E-state index contributed by atoms with van der Waals surface area (Å²) in [5.41, 5.74) is 3.83. The summed E-state index contributed by atoms with van der Waals surface area (Å²) in [5.74, 6) is 9.22. The van der Waals surface area contributed by atoms with E-state index in [0.29, 0.717) is 11.5 Å². The van der Waals surface area contributed by atoms with Crippen molar-refractivity contribution >= 4 is 0 Å². The highest BCUT2D eigenvalue weighted by Crippen LogP contribution is 2.48. The summed E-state index contributed by atoms with van der Waals surface area (Å²) in [4.78, 5) is 0. The van der Waals surface area contributed by atoms with Crippen LogP contribution in [0.5, 0.6) is 0 Å². The fourth-order valence-corrected chi connectivity index (χ4v) is 6.07. The third-order valence-electron chi connectivity index (χ3n) is 8.05. The van der Waals surface area contributed by atoms with Gasteiger partial charge in [-0.15, -0.1) is 0 Å². The number of hydrogen-bond donors (Lipinski definition) is 0. The maximum atomic E-state index is 14.8. The predicted octanol–water partition coefficient (Wildman–Crippen LogP) is 8.80. The second-order valence-corrected chi connectivity index (χ2v) is 10.4. The Kier molecular flexibility index (Phi) is 8.07. The number of benzene rings is 2. The van der Waals surface area contributed by atoms with Gasteiger partial charge in [0.1, 0.15) is 5.82 Å². The number of aryl methyl sites for hydroxylation is 1. The van der Waals surface area contributed by atoms with E-state index in [-0.39, 0.29) is 5.82 Å². The van der Waals surface area contributed by atoms with E-state index in [1.54, 1.807) is 6.07 Å². The van der Waals surface area contributed by atoms with Crippen molar-refractivity contribution in [1.82, 2.24) is 0 Å². The van der Waals surface area contributed by atoms with Gasteiger partial charge in [-0.2, -0.15) is 0 Å². The van der Waals surface area contributed by atoms with Gasteiger partial charge in [0.25, 0.3) is 0 Å². The molecule has 0 bridgehead atoms. The van der Waals surface area contributed by atoms with E-state index < -0.39 is 0 Å². The van der Waals surface area contributed by atoms with E-state index in [0.717, 1.165) is 23.3 Å². The second-order valence-electron chi connectivity index (χ2n) is 10.4. The molecular formula is C31H39F. The van der Waals surface area contributed by atoms with E-state index in [1.165, 1.54) is 81.8 Å². The van der Waals surface area contributed by atoms with Crippen LogP contribution < -0.4 is 0 Å². The zero-order chi connectivity index (χ0) is 22.3. The average molecular weight is 431 g/mol. The fourth-order valence-electron chi connectivity index (χ4n) is 6.07. The first kappa shape index (κ1) is 23.1. The third-order valence-corrected chi connectivity index (χ3v) is 8.05. The summed E-state index contributed by atoms with van der Waals surface area (Å²) in [7, 11) is 0. The van der Waals surface area contributed by atoms with Gasteiger partial charge in [-0.25, -0.2) is 4.39 Å². The Balaban J connectivity index is 1.33. The van der Waals surface area contributed by atoms with Gasteiger partial charge in [-0.3, -0.25) is 0 Å². The summed E-state index contributed by atoms with van der Waals surface area (Å²) in [6.45, 7) is 4.35. The second kappa shape index (κ2) is 11.2. The first-order valence-corrected chi connectivity index (χ1v) is 13.0. The molecule has 170 valence electrons. The van der Waals surface area contributed by atoms with Crippen LogP contribution in [0, 0.1) is 42.3 Å². The van der Waals surface area contributed by atoms with Crippen LogP contribution in [0.25, 0.3) is 0 Å². The van der Waals surface area contributed by atoms with Gasteiger partial charge in [0, 0.05) is 5.56 Å². The first-order valence-electron chi connectivity index (χ1n) is 13.0. The zero-order valence-corrected chi connectivity index (χ0v) is 20.0. The quantitative estimate of drug-likeness (QED) is 0.317. The van der Waals surface area contributed by atoms with Gasteiger partial charge in [0.15, 0.2) is 0 Å². The highest BCUT2D eigenvalue weighted by Gasteiger charge is 2.35. The average Bonchev–Trinajstić information content (AvgIpc) is 2.81. The van der Waals surface area contributed by atoms with Crippen molar-refractivity contribution in [3.05, 3.63) is 70.5 Å². The van der Waals surface area contributed by atoms with Crippen molar-refractivity contribution in [3.63, 3.8) is 0 Å². The molecule has 2 aliphatic rings. The van der Waals surface area contributed by atoms with E-state index in [2.05, 4.69) is 31.8 Å². The smallest absolute Gasteiger partial charge is 0.139 e. The third kappa shape index (κ3) is 6.04. The van der Waals surface area contributed by atoms with Crippen LogP contribution in [0.1, 0.15) is 106 Å². The van der Waals surface area contributed by atoms with E-state index in [9.17, 15) is 4.39 Å². The molecule has 2 saturated carbocycles. The van der Waals surface area contributed by atoms with Crippen molar-refractivity contribution < 1.29 is 4.39 Å². The van der Waals surface area contributed by atoms with Crippen LogP contribution >= 0.6 is 0 Å². The lowest BCUT2D eigenvalue weighted by atomic mass is 9.63. The summed E-state index contributed by atoms with van der Waals surface area (Å²) in [6.07, 6.45) is 15.1. The molecule has 0 aliphatic heterocycles. The Labute approximate surface area is 195 Å². The van der Waals surface area contributed by atoms with Gasteiger partial charge in [-0.1, -0.05) is 81.1 Å². The molecule has 1 heteroatoms. The van der Waals surface area contributed by atoms with Crippen LogP contribution in [-0.2, 0) is 0 Å². The van der Waals surface area contributed by atoms with Crippen molar-refractivity contribution in [2.45, 2.75) is 90.4 Å². The Bertz CT molecular complexity index is 929. The Hall–Kier alpha value is -2.07. The molecule has 2 aromatic carbocycles. The number of fused-ring (bicyclic) bond motifs is 1. The topological polar surface area (TPSA) is 0 Å². The molecule has 2 aliphatic carbocycles. The Morgan fingerprint density at radius 2 is 1.62 bits per heavy atom. The molecular weight excluding hydrogens is 391 g/mol. The first-order chi connectivity index (χ1) is 15.6. The molecule has 0 amide bonds. The van der Waals surface area contributed by atoms with E-state index >= 15 is 0 Å². The zero-order valence-electron chi connectivity index (χ0n) is 20.0. The maximum absolute atomic E-state index is 14.8. The van der Waals surface area contributed by atoms with Crippen LogP contribution in [0.2, 0.25) is 0 Å². The van der Waals surface area contributed by atoms with Crippen LogP contribution in [0.15, 0.2) is 42.5 Å². The van der Waals surface area contributed by atoms with Crippen molar-refractivity contribution in [2.24, 2.45) is 17.8 Å². The summed E-state index contributed by atoms with van der Waals surface area (Å²) >= 11 is 0. The Morgan fingerprint density at radius 3 is 2.41 bits per heavy atom. The maximum Gasteiger partial charge on any atom is 0.139 e. The van der Waals surface area contributed by atoms with E-state index in [4.69, 9.17) is 0 Å². The molecule has 2 fully saturated rings. The highest BCUT2D eigenvalue weighted by molar-refractivity contribution is 5.45. The standard InChI is InChI=1S/C31H39F/c1-3-4-5-6-7-25-13-15-28-21-29(19-18-27(28)20-25)30-17-16-26(31(32)22-30)14-12-24-10-8-23(2)9-11-24/h8-11,16-17,22,25,27-29H,3-7,13,15,18-21H2,1-2H3/t25?,27-,28-,29-/m1/s1. The molecule has 4 atom stereocenters. The molecule has 0 aromatic heterocycles. The summed E-state index contributed by atoms with van der Waals surface area (Å²) < 4.78 is 14.8. The largest absolute Gasteiger partial charge is 0.206 e. The SMILES string of the molecule is CCCCCCC1CC[C@@H]2C[C@H](c3ccc(C#Cc4ccc(C)cc4)c(F)c3)CC[C@@H]2C1. The van der Waals surface area contributed by atoms with Crippen molar-refractivity contribution in [2.75, 3.05) is 0 Å². The molecule has 32 heavy (non-hydrogen) atoms. The normalized spacial score (nSPS) is 25.0. The van der Waals surface area contributed by atoms with Gasteiger partial charge in [-0.05, 0) is 92.5 Å². The molecule has 0 spiro atoms. The highest BCUT2D eigenvalue weighted by atomic mass is 19.1. The van der Waals surface area contributed by atoms with Crippen LogP contribution in [0.3, 0.4) is 0 Å². The molecule has 4 rings (SSSR count). The predicted molar refractivity (Wildman–Crippen MR) is 133 cm³/mol. The van der Waals surface area contributed by atoms with Gasteiger partial charge in [0.2, 0.25) is 0 Å². The molecule has 0 heterocycles. The lowest BCUT2D eigenvalue weighted by molar-refractivity contribution is 0.113. The van der Waals surface area contributed by atoms with Crippen LogP contribution in [-0.4, -0.2) is 0 Å². The monoisotopic (exact) mass is 430 g/mol. The number of unbranched alkanes of at least 4 members (excludes halogenated alkanes) is 3. The van der Waals surface area contributed by atoms with Gasteiger partial charge in [0.05, 0.1) is 5.56 Å². The minimum absolute atomic E-state index is 0.167. The number of hydrogen-bond acceptors (Lipinski definition) is 0. The summed E-state index contributed by atoms with van der Waals surface area (Å²) in [6, 6.07) is 13.9. The van der Waals surface area contributed by atoms with Crippen molar-refractivity contribution in [3.8, 4) is 11.8 Å². The molecule has 1 unspecified atom stereocenters. The molecule has 2 aromatic rings. The number of rotatable bonds is 6. The lowest BCUT2D eigenvalue weighted by Crippen LogP contribution is -2.30. The van der Waals surface area contributed by atoms with E-state index in [1.807, 2.05) is 30.3 Å². The lowest BCUT2D eigenvalue weighted by Gasteiger charge is -2.42. The van der Waals surface area contributed by atoms with Crippen LogP contribution in [0.4, 0.5) is 4.39 Å². The minimum Gasteiger partial charge on any atom is -0.206 e. The summed E-state index contributed by atoms with van der Waals surface area (Å²) in [5, 5.41) is 0. The van der Waals surface area contributed by atoms with Gasteiger partial charge < -0.3 is 0 Å². The minimum atomic E-state index is -0.167. The molecule has 0 saturated heterocycles. The molecule has 0 N–H and O–H groups in total. The number of halogens is 1. The molecule has 0 radical (unpaired) electrons. The Morgan fingerprint density at radius 1 is 0.844 bits per heavy atom. The van der Waals surface area contributed by atoms with Crippen molar-refractivity contribution in [1.29, 1.82) is 0 Å². The van der Waals surface area contributed by atoms with Gasteiger partial charge >= 0.3 is 0 Å². The fraction of sp³-hybridized carbons (Fsp3) is 0.548. The molecule has 0 nitrogen and oxygen atoms in total.